The summed E-state index contributed by atoms with van der Waals surface area (Å²) in [5.74, 6) is -0.0870. The van der Waals surface area contributed by atoms with Gasteiger partial charge in [-0.15, -0.1) is 0 Å². The molecule has 110 valence electrons. The van der Waals surface area contributed by atoms with Gasteiger partial charge in [-0.3, -0.25) is 4.79 Å². The number of rotatable bonds is 3. The minimum absolute atomic E-state index is 0.273. The molecule has 4 nitrogen and oxygen atoms in total. The molecule has 2 N–H and O–H groups in total. The average Bonchev–Trinajstić information content (AvgIpc) is 2.53. The third-order valence-electron chi connectivity index (χ3n) is 3.43. The van der Waals surface area contributed by atoms with Crippen molar-refractivity contribution in [1.82, 2.24) is 4.98 Å². The minimum Gasteiger partial charge on any atom is -0.481 e. The van der Waals surface area contributed by atoms with Gasteiger partial charge in [0, 0.05) is 10.9 Å². The summed E-state index contributed by atoms with van der Waals surface area (Å²) in [7, 11) is 1.56. The molecule has 2 aromatic carbocycles. The Bertz CT molecular complexity index is 878. The number of aromatic nitrogens is 1. The number of primary amides is 1. The first-order chi connectivity index (χ1) is 10.6. The summed E-state index contributed by atoms with van der Waals surface area (Å²) in [4.78, 5) is 16.0. The molecule has 1 heterocycles. The molecular formula is C17H13ClN2O2. The lowest BCUT2D eigenvalue weighted by Crippen LogP contribution is -2.11. The molecule has 0 spiro atoms. The summed E-state index contributed by atoms with van der Waals surface area (Å²) in [5, 5.41) is 1.30. The topological polar surface area (TPSA) is 65.2 Å². The van der Waals surface area contributed by atoms with E-state index < -0.39 is 5.91 Å². The van der Waals surface area contributed by atoms with Crippen molar-refractivity contribution in [2.45, 2.75) is 0 Å². The summed E-state index contributed by atoms with van der Waals surface area (Å²) in [6.07, 6.45) is 0. The highest BCUT2D eigenvalue weighted by Gasteiger charge is 2.13. The number of pyridine rings is 1. The molecule has 1 aromatic heterocycles. The highest BCUT2D eigenvalue weighted by molar-refractivity contribution is 6.33. The molecule has 3 rings (SSSR count). The van der Waals surface area contributed by atoms with Gasteiger partial charge in [-0.1, -0.05) is 35.9 Å². The summed E-state index contributed by atoms with van der Waals surface area (Å²) < 4.78 is 5.38. The number of carbonyl (C=O) groups excluding carboxylic acids is 1. The van der Waals surface area contributed by atoms with E-state index in [2.05, 4.69) is 4.98 Å². The van der Waals surface area contributed by atoms with Gasteiger partial charge in [-0.2, -0.15) is 0 Å². The Morgan fingerprint density at radius 2 is 1.95 bits per heavy atom. The SMILES string of the molecule is COc1nc2ccccc2cc1-c1ccc(Cl)c(C(N)=O)c1. The largest absolute Gasteiger partial charge is 0.481 e. The molecule has 0 saturated heterocycles. The molecule has 0 aliphatic carbocycles. The van der Waals surface area contributed by atoms with E-state index in [0.29, 0.717) is 10.9 Å². The van der Waals surface area contributed by atoms with Crippen molar-refractivity contribution in [2.24, 2.45) is 5.73 Å². The molecule has 0 unspecified atom stereocenters. The number of para-hydroxylation sites is 1. The fraction of sp³-hybridized carbons (Fsp3) is 0.0588. The number of hydrogen-bond acceptors (Lipinski definition) is 3. The van der Waals surface area contributed by atoms with E-state index in [1.807, 2.05) is 36.4 Å². The number of nitrogens with two attached hydrogens (primary N) is 1. The maximum absolute atomic E-state index is 11.5. The van der Waals surface area contributed by atoms with Crippen LogP contribution in [0.2, 0.25) is 5.02 Å². The Morgan fingerprint density at radius 3 is 2.68 bits per heavy atom. The van der Waals surface area contributed by atoms with Gasteiger partial charge in [0.25, 0.3) is 0 Å². The molecule has 1 amide bonds. The number of benzene rings is 2. The van der Waals surface area contributed by atoms with Crippen molar-refractivity contribution in [1.29, 1.82) is 0 Å². The summed E-state index contributed by atoms with van der Waals surface area (Å²) >= 11 is 6.00. The molecule has 0 aliphatic rings. The van der Waals surface area contributed by atoms with Gasteiger partial charge in [0.2, 0.25) is 11.8 Å². The number of nitrogens with zero attached hydrogens (tertiary/aromatic N) is 1. The monoisotopic (exact) mass is 312 g/mol. The Morgan fingerprint density at radius 1 is 1.18 bits per heavy atom. The maximum Gasteiger partial charge on any atom is 0.250 e. The lowest BCUT2D eigenvalue weighted by atomic mass is 10.0. The Balaban J connectivity index is 2.25. The van der Waals surface area contributed by atoms with Gasteiger partial charge in [-0.25, -0.2) is 4.98 Å². The zero-order chi connectivity index (χ0) is 15.7. The maximum atomic E-state index is 11.5. The van der Waals surface area contributed by atoms with Crippen molar-refractivity contribution in [3.8, 4) is 17.0 Å². The van der Waals surface area contributed by atoms with E-state index in [4.69, 9.17) is 22.1 Å². The molecule has 5 heteroatoms. The van der Waals surface area contributed by atoms with Crippen molar-refractivity contribution < 1.29 is 9.53 Å². The molecule has 0 saturated carbocycles. The van der Waals surface area contributed by atoms with Gasteiger partial charge in [0.1, 0.15) is 0 Å². The fourth-order valence-electron chi connectivity index (χ4n) is 2.34. The quantitative estimate of drug-likeness (QED) is 0.802. The van der Waals surface area contributed by atoms with E-state index in [1.165, 1.54) is 0 Å². The zero-order valence-electron chi connectivity index (χ0n) is 11.8. The molecule has 0 atom stereocenters. The van der Waals surface area contributed by atoms with Crippen LogP contribution < -0.4 is 10.5 Å². The van der Waals surface area contributed by atoms with Gasteiger partial charge in [0.15, 0.2) is 0 Å². The van der Waals surface area contributed by atoms with Crippen LogP contribution in [0.4, 0.5) is 0 Å². The molecular weight excluding hydrogens is 300 g/mol. The molecule has 22 heavy (non-hydrogen) atoms. The van der Waals surface area contributed by atoms with E-state index in [1.54, 1.807) is 19.2 Å². The second-order valence-electron chi connectivity index (χ2n) is 4.80. The third kappa shape index (κ3) is 2.49. The van der Waals surface area contributed by atoms with Crippen LogP contribution in [0.25, 0.3) is 22.0 Å². The highest BCUT2D eigenvalue weighted by Crippen LogP contribution is 2.33. The van der Waals surface area contributed by atoms with Crippen molar-refractivity contribution >= 4 is 28.4 Å². The first kappa shape index (κ1) is 14.4. The first-order valence-electron chi connectivity index (χ1n) is 6.63. The normalized spacial score (nSPS) is 10.6. The standard InChI is InChI=1S/C17H13ClN2O2/c1-22-17-12(9-11-4-2-3-5-15(11)20-17)10-6-7-14(18)13(8-10)16(19)21/h2-9H,1H3,(H2,19,21). The Hall–Kier alpha value is -2.59. The Kier molecular flexibility index (Phi) is 3.69. The van der Waals surface area contributed by atoms with E-state index in [9.17, 15) is 4.79 Å². The molecule has 3 aromatic rings. The second-order valence-corrected chi connectivity index (χ2v) is 5.20. The van der Waals surface area contributed by atoms with Crippen LogP contribution in [-0.4, -0.2) is 18.0 Å². The van der Waals surface area contributed by atoms with Gasteiger partial charge >= 0.3 is 0 Å². The predicted molar refractivity (Wildman–Crippen MR) is 87.3 cm³/mol. The van der Waals surface area contributed by atoms with Crippen LogP contribution >= 0.6 is 11.6 Å². The lowest BCUT2D eigenvalue weighted by Gasteiger charge is -2.11. The lowest BCUT2D eigenvalue weighted by molar-refractivity contribution is 0.100. The molecule has 0 fully saturated rings. The number of halogens is 1. The number of fused-ring (bicyclic) bond motifs is 1. The van der Waals surface area contributed by atoms with Crippen molar-refractivity contribution in [3.63, 3.8) is 0 Å². The van der Waals surface area contributed by atoms with Crippen LogP contribution in [-0.2, 0) is 0 Å². The third-order valence-corrected chi connectivity index (χ3v) is 3.75. The molecule has 0 radical (unpaired) electrons. The molecule has 0 bridgehead atoms. The predicted octanol–water partition coefficient (Wildman–Crippen LogP) is 3.66. The van der Waals surface area contributed by atoms with Crippen LogP contribution in [0, 0.1) is 0 Å². The van der Waals surface area contributed by atoms with Gasteiger partial charge in [0.05, 0.1) is 23.2 Å². The van der Waals surface area contributed by atoms with Crippen LogP contribution in [0.15, 0.2) is 48.5 Å². The van der Waals surface area contributed by atoms with E-state index >= 15 is 0 Å². The van der Waals surface area contributed by atoms with Crippen LogP contribution in [0.1, 0.15) is 10.4 Å². The van der Waals surface area contributed by atoms with Gasteiger partial charge < -0.3 is 10.5 Å². The summed E-state index contributed by atoms with van der Waals surface area (Å²) in [6.45, 7) is 0. The average molecular weight is 313 g/mol. The number of amides is 1. The molecule has 0 aliphatic heterocycles. The summed E-state index contributed by atoms with van der Waals surface area (Å²) in [6, 6.07) is 14.8. The summed E-state index contributed by atoms with van der Waals surface area (Å²) in [5.41, 5.74) is 8.01. The number of carbonyl (C=O) groups is 1. The van der Waals surface area contributed by atoms with Crippen LogP contribution in [0.5, 0.6) is 5.88 Å². The fourth-order valence-corrected chi connectivity index (χ4v) is 2.55. The second kappa shape index (κ2) is 5.66. The smallest absolute Gasteiger partial charge is 0.250 e. The number of methoxy groups -OCH3 is 1. The zero-order valence-corrected chi connectivity index (χ0v) is 12.6. The number of ether oxygens (including phenoxy) is 1. The highest BCUT2D eigenvalue weighted by atomic mass is 35.5. The van der Waals surface area contributed by atoms with E-state index in [-0.39, 0.29) is 5.56 Å². The first-order valence-corrected chi connectivity index (χ1v) is 7.01. The van der Waals surface area contributed by atoms with Crippen molar-refractivity contribution in [2.75, 3.05) is 7.11 Å². The number of hydrogen-bond donors (Lipinski definition) is 1. The van der Waals surface area contributed by atoms with Crippen LogP contribution in [0.3, 0.4) is 0 Å². The van der Waals surface area contributed by atoms with Crippen molar-refractivity contribution in [3.05, 3.63) is 59.1 Å². The minimum atomic E-state index is -0.570. The van der Waals surface area contributed by atoms with Gasteiger partial charge in [-0.05, 0) is 29.8 Å². The Labute approximate surface area is 132 Å². The van der Waals surface area contributed by atoms with E-state index in [0.717, 1.165) is 22.0 Å².